The Morgan fingerprint density at radius 3 is 2.70 bits per heavy atom. The first-order valence-electron chi connectivity index (χ1n) is 8.60. The van der Waals surface area contributed by atoms with Crippen LogP contribution in [-0.4, -0.2) is 69.0 Å². The number of aromatic amines is 1. The molecule has 0 aliphatic carbocycles. The van der Waals surface area contributed by atoms with Crippen molar-refractivity contribution in [3.8, 4) is 17.1 Å². The summed E-state index contributed by atoms with van der Waals surface area (Å²) in [7, 11) is 1.52. The quantitative estimate of drug-likeness (QED) is 0.714. The zero-order valence-electron chi connectivity index (χ0n) is 14.8. The molecule has 2 aromatic heterocycles. The van der Waals surface area contributed by atoms with Crippen LogP contribution in [0.3, 0.4) is 0 Å². The molecular formula is C17H19FN8O. The Balaban J connectivity index is 1.55. The molecular weight excluding hydrogens is 351 g/mol. The van der Waals surface area contributed by atoms with Gasteiger partial charge in [-0.05, 0) is 17.3 Å². The van der Waals surface area contributed by atoms with Gasteiger partial charge in [0.1, 0.15) is 11.6 Å². The van der Waals surface area contributed by atoms with Gasteiger partial charge >= 0.3 is 0 Å². The molecule has 0 bridgehead atoms. The Labute approximate surface area is 155 Å². The molecule has 140 valence electrons. The van der Waals surface area contributed by atoms with E-state index < -0.39 is 5.82 Å². The van der Waals surface area contributed by atoms with Crippen LogP contribution in [0.5, 0.6) is 5.75 Å². The summed E-state index contributed by atoms with van der Waals surface area (Å²) in [6.07, 6.45) is 1.66. The molecule has 1 aliphatic rings. The zero-order valence-corrected chi connectivity index (χ0v) is 14.8. The maximum absolute atomic E-state index is 14.7. The highest BCUT2D eigenvalue weighted by Crippen LogP contribution is 2.35. The second-order valence-electron chi connectivity index (χ2n) is 6.22. The van der Waals surface area contributed by atoms with Crippen LogP contribution in [0.2, 0.25) is 0 Å². The van der Waals surface area contributed by atoms with Crippen LogP contribution in [0.25, 0.3) is 11.4 Å². The molecule has 0 unspecified atom stereocenters. The number of tetrazole rings is 1. The second kappa shape index (κ2) is 7.62. The summed E-state index contributed by atoms with van der Waals surface area (Å²) in [6, 6.07) is 6.99. The summed E-state index contributed by atoms with van der Waals surface area (Å²) in [5.41, 5.74) is 1.96. The molecule has 0 radical (unpaired) electrons. The van der Waals surface area contributed by atoms with Crippen molar-refractivity contribution in [2.45, 2.75) is 6.54 Å². The number of anilines is 1. The van der Waals surface area contributed by atoms with Crippen LogP contribution in [-0.2, 0) is 6.54 Å². The molecule has 1 aromatic carbocycles. The number of piperazine rings is 1. The van der Waals surface area contributed by atoms with Crippen molar-refractivity contribution in [2.24, 2.45) is 0 Å². The van der Waals surface area contributed by atoms with E-state index in [4.69, 9.17) is 4.74 Å². The summed E-state index contributed by atoms with van der Waals surface area (Å²) in [5.74, 6) is 0.247. The Hall–Kier alpha value is -3.14. The highest BCUT2D eigenvalue weighted by Gasteiger charge is 2.25. The Kier molecular flexibility index (Phi) is 4.88. The fourth-order valence-corrected chi connectivity index (χ4v) is 3.22. The van der Waals surface area contributed by atoms with Gasteiger partial charge in [0.2, 0.25) is 5.82 Å². The Morgan fingerprint density at radius 2 is 2.04 bits per heavy atom. The number of hydrogen-bond acceptors (Lipinski definition) is 8. The SMILES string of the molecule is COc1cc(F)c(-c2nn[nH]n2)c(N2CCN(Cc3cccnn3)CC2)c1. The molecule has 1 fully saturated rings. The van der Waals surface area contributed by atoms with Crippen LogP contribution < -0.4 is 9.64 Å². The number of rotatable bonds is 5. The van der Waals surface area contributed by atoms with Crippen molar-refractivity contribution < 1.29 is 9.13 Å². The largest absolute Gasteiger partial charge is 0.497 e. The lowest BCUT2D eigenvalue weighted by atomic mass is 10.1. The first-order valence-corrected chi connectivity index (χ1v) is 8.60. The third-order valence-electron chi connectivity index (χ3n) is 4.57. The lowest BCUT2D eigenvalue weighted by molar-refractivity contribution is 0.246. The first kappa shape index (κ1) is 17.3. The smallest absolute Gasteiger partial charge is 0.209 e. The van der Waals surface area contributed by atoms with Crippen molar-refractivity contribution in [3.63, 3.8) is 0 Å². The number of H-pyrrole nitrogens is 1. The molecule has 1 aliphatic heterocycles. The van der Waals surface area contributed by atoms with Crippen LogP contribution >= 0.6 is 0 Å². The summed E-state index contributed by atoms with van der Waals surface area (Å²) in [6.45, 7) is 3.85. The van der Waals surface area contributed by atoms with E-state index in [0.717, 1.165) is 38.4 Å². The number of hydrogen-bond donors (Lipinski definition) is 1. The van der Waals surface area contributed by atoms with Crippen molar-refractivity contribution in [1.29, 1.82) is 0 Å². The second-order valence-corrected chi connectivity index (χ2v) is 6.22. The Morgan fingerprint density at radius 1 is 1.19 bits per heavy atom. The molecule has 1 N–H and O–H groups in total. The van der Waals surface area contributed by atoms with Gasteiger partial charge in [-0.15, -0.1) is 10.2 Å². The van der Waals surface area contributed by atoms with Crippen molar-refractivity contribution >= 4 is 5.69 Å². The van der Waals surface area contributed by atoms with Gasteiger partial charge in [0, 0.05) is 51.1 Å². The highest BCUT2D eigenvalue weighted by atomic mass is 19.1. The number of nitrogens with one attached hydrogen (secondary N) is 1. The maximum Gasteiger partial charge on any atom is 0.209 e. The standard InChI is InChI=1S/C17H19FN8O/c1-27-13-9-14(18)16(17-21-23-24-22-17)15(10-13)26-7-5-25(6-8-26)11-12-3-2-4-19-20-12/h2-4,9-10H,5-8,11H2,1H3,(H,21,22,23,24). The minimum Gasteiger partial charge on any atom is -0.497 e. The predicted molar refractivity (Wildman–Crippen MR) is 95.6 cm³/mol. The normalized spacial score (nSPS) is 15.1. The molecule has 3 aromatic rings. The molecule has 10 heteroatoms. The van der Waals surface area contributed by atoms with Gasteiger partial charge in [0.25, 0.3) is 0 Å². The fraction of sp³-hybridized carbons (Fsp3) is 0.353. The minimum absolute atomic E-state index is 0.229. The van der Waals surface area contributed by atoms with Crippen LogP contribution in [0.15, 0.2) is 30.5 Å². The molecule has 9 nitrogen and oxygen atoms in total. The number of benzene rings is 1. The van der Waals surface area contributed by atoms with Crippen LogP contribution in [0.4, 0.5) is 10.1 Å². The average Bonchev–Trinajstić information content (AvgIpc) is 3.23. The topological polar surface area (TPSA) is 96.0 Å². The molecule has 0 amide bonds. The van der Waals surface area contributed by atoms with E-state index in [0.29, 0.717) is 17.0 Å². The van der Waals surface area contributed by atoms with Crippen molar-refractivity contribution in [1.82, 2.24) is 35.7 Å². The van der Waals surface area contributed by atoms with Gasteiger partial charge < -0.3 is 9.64 Å². The summed E-state index contributed by atoms with van der Waals surface area (Å²) >= 11 is 0. The summed E-state index contributed by atoms with van der Waals surface area (Å²) < 4.78 is 20.0. The van der Waals surface area contributed by atoms with Crippen LogP contribution in [0, 0.1) is 5.82 Å². The first-order chi connectivity index (χ1) is 13.2. The number of aromatic nitrogens is 6. The van der Waals surface area contributed by atoms with Gasteiger partial charge in [-0.3, -0.25) is 4.90 Å². The van der Waals surface area contributed by atoms with Gasteiger partial charge in [-0.2, -0.15) is 15.4 Å². The minimum atomic E-state index is -0.437. The highest BCUT2D eigenvalue weighted by molar-refractivity contribution is 5.76. The summed E-state index contributed by atoms with van der Waals surface area (Å²) in [4.78, 5) is 4.41. The monoisotopic (exact) mass is 370 g/mol. The third kappa shape index (κ3) is 3.70. The fourth-order valence-electron chi connectivity index (χ4n) is 3.22. The van der Waals surface area contributed by atoms with E-state index >= 15 is 0 Å². The van der Waals surface area contributed by atoms with Gasteiger partial charge in [0.05, 0.1) is 24.1 Å². The number of nitrogens with zero attached hydrogens (tertiary/aromatic N) is 7. The van der Waals surface area contributed by atoms with E-state index in [-0.39, 0.29) is 5.82 Å². The van der Waals surface area contributed by atoms with E-state index in [1.54, 1.807) is 6.20 Å². The van der Waals surface area contributed by atoms with Crippen LogP contribution in [0.1, 0.15) is 5.69 Å². The van der Waals surface area contributed by atoms with E-state index in [1.807, 2.05) is 18.2 Å². The van der Waals surface area contributed by atoms with E-state index in [2.05, 4.69) is 40.6 Å². The molecule has 1 saturated heterocycles. The van der Waals surface area contributed by atoms with Crippen molar-refractivity contribution in [3.05, 3.63) is 42.0 Å². The lowest BCUT2D eigenvalue weighted by Crippen LogP contribution is -2.46. The predicted octanol–water partition coefficient (Wildman–Crippen LogP) is 1.13. The number of methoxy groups -OCH3 is 1. The third-order valence-corrected chi connectivity index (χ3v) is 4.57. The zero-order chi connectivity index (χ0) is 18.6. The number of halogens is 1. The summed E-state index contributed by atoms with van der Waals surface area (Å²) in [5, 5.41) is 21.9. The molecule has 0 spiro atoms. The van der Waals surface area contributed by atoms with Gasteiger partial charge in [0.15, 0.2) is 0 Å². The Bertz CT molecular complexity index is 881. The average molecular weight is 370 g/mol. The van der Waals surface area contributed by atoms with Crippen molar-refractivity contribution in [2.75, 3.05) is 38.2 Å². The maximum atomic E-state index is 14.7. The molecule has 4 rings (SSSR count). The van der Waals surface area contributed by atoms with E-state index in [9.17, 15) is 4.39 Å². The number of ether oxygens (including phenoxy) is 1. The molecule has 27 heavy (non-hydrogen) atoms. The van der Waals surface area contributed by atoms with E-state index in [1.165, 1.54) is 13.2 Å². The van der Waals surface area contributed by atoms with Gasteiger partial charge in [-0.25, -0.2) is 4.39 Å². The van der Waals surface area contributed by atoms with Gasteiger partial charge in [-0.1, -0.05) is 0 Å². The molecule has 0 atom stereocenters. The molecule has 3 heterocycles. The molecule has 0 saturated carbocycles. The lowest BCUT2D eigenvalue weighted by Gasteiger charge is -2.36.